The van der Waals surface area contributed by atoms with Crippen molar-refractivity contribution in [3.63, 3.8) is 0 Å². The molecule has 0 unspecified atom stereocenters. The summed E-state index contributed by atoms with van der Waals surface area (Å²) in [7, 11) is 1.97. The number of aliphatic carboxylic acids is 1. The number of rotatable bonds is 5. The fraction of sp³-hybridized carbons (Fsp3) is 0.308. The highest BCUT2D eigenvalue weighted by molar-refractivity contribution is 9.10. The van der Waals surface area contributed by atoms with E-state index in [-0.39, 0.29) is 0 Å². The Morgan fingerprint density at radius 1 is 1.47 bits per heavy atom. The lowest BCUT2D eigenvalue weighted by atomic mass is 10.2. The Kier molecular flexibility index (Phi) is 5.38. The molecule has 0 saturated carbocycles. The molecule has 92 valence electrons. The van der Waals surface area contributed by atoms with Gasteiger partial charge in [0.15, 0.2) is 0 Å². The Bertz CT molecular complexity index is 429. The van der Waals surface area contributed by atoms with Gasteiger partial charge in [0.25, 0.3) is 0 Å². The number of hydrogen-bond acceptors (Lipinski definition) is 2. The minimum Gasteiger partial charge on any atom is -0.478 e. The zero-order chi connectivity index (χ0) is 12.8. The van der Waals surface area contributed by atoms with E-state index < -0.39 is 5.97 Å². The van der Waals surface area contributed by atoms with E-state index in [1.807, 2.05) is 32.2 Å². The summed E-state index contributed by atoms with van der Waals surface area (Å²) in [6, 6.07) is 8.02. The maximum Gasteiger partial charge on any atom is 0.328 e. The van der Waals surface area contributed by atoms with Crippen LogP contribution in [0.4, 0.5) is 0 Å². The topological polar surface area (TPSA) is 40.5 Å². The molecule has 17 heavy (non-hydrogen) atoms. The van der Waals surface area contributed by atoms with Crippen molar-refractivity contribution in [1.29, 1.82) is 0 Å². The first kappa shape index (κ1) is 13.9. The zero-order valence-corrected chi connectivity index (χ0v) is 11.6. The van der Waals surface area contributed by atoms with Gasteiger partial charge in [0, 0.05) is 23.6 Å². The average Bonchev–Trinajstić information content (AvgIpc) is 2.19. The summed E-state index contributed by atoms with van der Waals surface area (Å²) >= 11 is 3.50. The fourth-order valence-electron chi connectivity index (χ4n) is 1.66. The van der Waals surface area contributed by atoms with Crippen molar-refractivity contribution >= 4 is 21.9 Å². The van der Waals surface area contributed by atoms with E-state index in [4.69, 9.17) is 5.11 Å². The number of hydrogen-bond donors (Lipinski definition) is 1. The standard InChI is InChI=1S/C13H16BrNO2/c1-10(7-13(16)17)8-15(2)9-11-5-3-4-6-12(11)14/h3-7H,8-9H2,1-2H3,(H,16,17). The molecule has 3 nitrogen and oxygen atoms in total. The molecule has 0 aliphatic heterocycles. The predicted octanol–water partition coefficient (Wildman–Crippen LogP) is 2.91. The highest BCUT2D eigenvalue weighted by Crippen LogP contribution is 2.17. The van der Waals surface area contributed by atoms with E-state index in [1.165, 1.54) is 11.6 Å². The lowest BCUT2D eigenvalue weighted by Gasteiger charge is -2.17. The van der Waals surface area contributed by atoms with E-state index >= 15 is 0 Å². The molecule has 0 atom stereocenters. The van der Waals surface area contributed by atoms with Crippen LogP contribution in [0.1, 0.15) is 12.5 Å². The summed E-state index contributed by atoms with van der Waals surface area (Å²) in [6.07, 6.45) is 1.25. The van der Waals surface area contributed by atoms with Crippen LogP contribution in [0.15, 0.2) is 40.4 Å². The molecule has 1 N–H and O–H groups in total. The molecule has 0 amide bonds. The van der Waals surface area contributed by atoms with E-state index in [0.717, 1.165) is 16.6 Å². The summed E-state index contributed by atoms with van der Waals surface area (Å²) in [5.41, 5.74) is 2.03. The Morgan fingerprint density at radius 3 is 2.71 bits per heavy atom. The third kappa shape index (κ3) is 5.15. The van der Waals surface area contributed by atoms with Gasteiger partial charge in [0.2, 0.25) is 0 Å². The average molecular weight is 298 g/mol. The van der Waals surface area contributed by atoms with E-state index in [1.54, 1.807) is 0 Å². The van der Waals surface area contributed by atoms with Crippen LogP contribution in [0.25, 0.3) is 0 Å². The van der Waals surface area contributed by atoms with Crippen LogP contribution in [0.2, 0.25) is 0 Å². The third-order valence-electron chi connectivity index (χ3n) is 2.29. The van der Waals surface area contributed by atoms with Gasteiger partial charge in [-0.25, -0.2) is 4.79 Å². The van der Waals surface area contributed by atoms with Crippen LogP contribution < -0.4 is 0 Å². The Hall–Kier alpha value is -1.13. The van der Waals surface area contributed by atoms with Crippen LogP contribution in [0, 0.1) is 0 Å². The molecule has 0 heterocycles. The highest BCUT2D eigenvalue weighted by Gasteiger charge is 2.04. The van der Waals surface area contributed by atoms with Crippen LogP contribution >= 0.6 is 15.9 Å². The molecule has 0 bridgehead atoms. The van der Waals surface area contributed by atoms with Crippen LogP contribution in [-0.4, -0.2) is 29.6 Å². The molecule has 0 radical (unpaired) electrons. The summed E-state index contributed by atoms with van der Waals surface area (Å²) in [6.45, 7) is 3.25. The van der Waals surface area contributed by atoms with Crippen LogP contribution in [0.5, 0.6) is 0 Å². The Labute approximate surface area is 110 Å². The molecule has 0 aromatic heterocycles. The van der Waals surface area contributed by atoms with Gasteiger partial charge in [0.1, 0.15) is 0 Å². The van der Waals surface area contributed by atoms with Gasteiger partial charge in [-0.2, -0.15) is 0 Å². The van der Waals surface area contributed by atoms with Crippen molar-refractivity contribution in [3.8, 4) is 0 Å². The van der Waals surface area contributed by atoms with Gasteiger partial charge >= 0.3 is 5.97 Å². The van der Waals surface area contributed by atoms with Crippen LogP contribution in [0.3, 0.4) is 0 Å². The molecule has 1 aromatic rings. The van der Waals surface area contributed by atoms with Crippen molar-refractivity contribution in [2.45, 2.75) is 13.5 Å². The maximum absolute atomic E-state index is 10.5. The number of carbonyl (C=O) groups is 1. The number of nitrogens with zero attached hydrogens (tertiary/aromatic N) is 1. The van der Waals surface area contributed by atoms with E-state index in [0.29, 0.717) is 6.54 Å². The van der Waals surface area contributed by atoms with Crippen molar-refractivity contribution < 1.29 is 9.90 Å². The number of benzene rings is 1. The van der Waals surface area contributed by atoms with Crippen molar-refractivity contribution in [3.05, 3.63) is 46.0 Å². The molecule has 1 rings (SSSR count). The normalized spacial score (nSPS) is 11.9. The van der Waals surface area contributed by atoms with Crippen molar-refractivity contribution in [2.24, 2.45) is 0 Å². The monoisotopic (exact) mass is 297 g/mol. The number of halogens is 1. The molecule has 4 heteroatoms. The van der Waals surface area contributed by atoms with E-state index in [9.17, 15) is 4.79 Å². The largest absolute Gasteiger partial charge is 0.478 e. The highest BCUT2D eigenvalue weighted by atomic mass is 79.9. The lowest BCUT2D eigenvalue weighted by molar-refractivity contribution is -0.131. The first-order valence-electron chi connectivity index (χ1n) is 5.31. The summed E-state index contributed by atoms with van der Waals surface area (Å²) in [4.78, 5) is 12.6. The first-order valence-corrected chi connectivity index (χ1v) is 6.10. The quantitative estimate of drug-likeness (QED) is 0.850. The van der Waals surface area contributed by atoms with Crippen molar-refractivity contribution in [1.82, 2.24) is 4.90 Å². The minimum absolute atomic E-state index is 0.646. The molecule has 0 saturated heterocycles. The molecule has 0 aliphatic carbocycles. The Balaban J connectivity index is 2.59. The van der Waals surface area contributed by atoms with Crippen molar-refractivity contribution in [2.75, 3.05) is 13.6 Å². The van der Waals surface area contributed by atoms with Crippen LogP contribution in [-0.2, 0) is 11.3 Å². The van der Waals surface area contributed by atoms with Gasteiger partial charge in [-0.15, -0.1) is 0 Å². The van der Waals surface area contributed by atoms with Gasteiger partial charge in [-0.05, 0) is 25.6 Å². The summed E-state index contributed by atoms with van der Waals surface area (Å²) < 4.78 is 1.08. The number of carboxylic acids is 1. The summed E-state index contributed by atoms with van der Waals surface area (Å²) in [5.74, 6) is -0.892. The second-order valence-corrected chi connectivity index (χ2v) is 4.95. The fourth-order valence-corrected chi connectivity index (χ4v) is 2.07. The zero-order valence-electron chi connectivity index (χ0n) is 9.98. The van der Waals surface area contributed by atoms with Gasteiger partial charge in [-0.3, -0.25) is 4.90 Å². The second-order valence-electron chi connectivity index (χ2n) is 4.09. The van der Waals surface area contributed by atoms with Gasteiger partial charge in [0.05, 0.1) is 0 Å². The molecular formula is C13H16BrNO2. The third-order valence-corrected chi connectivity index (χ3v) is 3.06. The Morgan fingerprint density at radius 2 is 2.12 bits per heavy atom. The SMILES string of the molecule is CC(=CC(=O)O)CN(C)Cc1ccccc1Br. The number of carboxylic acid groups (broad SMARTS) is 1. The van der Waals surface area contributed by atoms with Gasteiger partial charge in [-0.1, -0.05) is 39.7 Å². The molecule has 0 fully saturated rings. The lowest BCUT2D eigenvalue weighted by Crippen LogP contribution is -2.20. The van der Waals surface area contributed by atoms with Gasteiger partial charge < -0.3 is 5.11 Å². The minimum atomic E-state index is -0.892. The molecule has 0 aliphatic rings. The second kappa shape index (κ2) is 6.57. The maximum atomic E-state index is 10.5. The predicted molar refractivity (Wildman–Crippen MR) is 71.9 cm³/mol. The number of likely N-dealkylation sites (N-methyl/N-ethyl adjacent to an activating group) is 1. The first-order chi connectivity index (χ1) is 7.99. The van der Waals surface area contributed by atoms with E-state index in [2.05, 4.69) is 26.9 Å². The summed E-state index contributed by atoms with van der Waals surface area (Å²) in [5, 5.41) is 8.63. The molecule has 1 aromatic carbocycles. The molecule has 0 spiro atoms. The smallest absolute Gasteiger partial charge is 0.328 e. The molecular weight excluding hydrogens is 282 g/mol.